The molecule has 0 aromatic heterocycles. The van der Waals surface area contributed by atoms with Gasteiger partial charge >= 0.3 is 0 Å². The van der Waals surface area contributed by atoms with Crippen LogP contribution in [0.3, 0.4) is 0 Å². The molecule has 0 radical (unpaired) electrons. The average Bonchev–Trinajstić information content (AvgIpc) is 2.25. The van der Waals surface area contributed by atoms with E-state index in [4.69, 9.17) is 23.1 Å². The van der Waals surface area contributed by atoms with Crippen molar-refractivity contribution in [2.75, 3.05) is 0 Å². The molecule has 0 spiro atoms. The number of allylic oxidation sites excluding steroid dienone is 1. The molecule has 1 aliphatic carbocycles. The van der Waals surface area contributed by atoms with Crippen LogP contribution < -0.4 is 11.5 Å². The van der Waals surface area contributed by atoms with Crippen molar-refractivity contribution in [2.24, 2.45) is 11.5 Å². The molecule has 0 fully saturated rings. The minimum Gasteiger partial charge on any atom is -0.399 e. The summed E-state index contributed by atoms with van der Waals surface area (Å²) in [6.07, 6.45) is 5.78. The summed E-state index contributed by atoms with van der Waals surface area (Å²) < 4.78 is 0. The van der Waals surface area contributed by atoms with E-state index in [0.29, 0.717) is 0 Å². The highest BCUT2D eigenvalue weighted by atomic mass is 35.5. The minimum atomic E-state index is -0.260. The molecule has 1 aromatic carbocycles. The van der Waals surface area contributed by atoms with Gasteiger partial charge in [-0.05, 0) is 29.8 Å². The van der Waals surface area contributed by atoms with Gasteiger partial charge in [-0.2, -0.15) is 0 Å². The summed E-state index contributed by atoms with van der Waals surface area (Å²) in [6.45, 7) is 2.08. The third-order valence-corrected chi connectivity index (χ3v) is 3.37. The molecule has 0 bridgehead atoms. The molecule has 2 atom stereocenters. The van der Waals surface area contributed by atoms with Crippen molar-refractivity contribution in [1.82, 2.24) is 0 Å². The lowest BCUT2D eigenvalue weighted by Gasteiger charge is -2.34. The van der Waals surface area contributed by atoms with Gasteiger partial charge in [-0.25, -0.2) is 0 Å². The standard InChI is InChI=1S/C13H15ClN2/c1-13(8-11(15)6-7-12(13)16)9-2-4-10(14)5-3-9/h2-8,12H,15-16H2,1H3. The predicted molar refractivity (Wildman–Crippen MR) is 68.2 cm³/mol. The molecule has 16 heavy (non-hydrogen) atoms. The van der Waals surface area contributed by atoms with Crippen molar-refractivity contribution in [3.63, 3.8) is 0 Å². The summed E-state index contributed by atoms with van der Waals surface area (Å²) in [6, 6.07) is 7.66. The van der Waals surface area contributed by atoms with Gasteiger partial charge in [0.15, 0.2) is 0 Å². The molecular weight excluding hydrogens is 220 g/mol. The zero-order valence-corrected chi connectivity index (χ0v) is 9.91. The van der Waals surface area contributed by atoms with Gasteiger partial charge in [-0.1, -0.05) is 36.7 Å². The Morgan fingerprint density at radius 2 is 1.88 bits per heavy atom. The zero-order valence-electron chi connectivity index (χ0n) is 9.15. The lowest BCUT2D eigenvalue weighted by molar-refractivity contribution is 0.515. The van der Waals surface area contributed by atoms with Crippen LogP contribution in [0.15, 0.2) is 48.2 Å². The number of hydrogen-bond acceptors (Lipinski definition) is 2. The van der Waals surface area contributed by atoms with Gasteiger partial charge in [0.1, 0.15) is 0 Å². The summed E-state index contributed by atoms with van der Waals surface area (Å²) in [4.78, 5) is 0. The van der Waals surface area contributed by atoms with Crippen molar-refractivity contribution in [1.29, 1.82) is 0 Å². The fourth-order valence-corrected chi connectivity index (χ4v) is 2.12. The Balaban J connectivity index is 2.45. The Morgan fingerprint density at radius 1 is 1.25 bits per heavy atom. The normalized spacial score (nSPS) is 28.9. The second-order valence-corrected chi connectivity index (χ2v) is 4.76. The van der Waals surface area contributed by atoms with Crippen LogP contribution in [-0.4, -0.2) is 6.04 Å². The van der Waals surface area contributed by atoms with Crippen LogP contribution in [0.1, 0.15) is 12.5 Å². The summed E-state index contributed by atoms with van der Waals surface area (Å²) in [5.41, 5.74) is 13.6. The number of hydrogen-bond donors (Lipinski definition) is 2. The Labute approximate surface area is 101 Å². The van der Waals surface area contributed by atoms with Crippen LogP contribution in [0.4, 0.5) is 0 Å². The summed E-state index contributed by atoms with van der Waals surface area (Å²) >= 11 is 5.88. The Hall–Kier alpha value is -1.25. The van der Waals surface area contributed by atoms with Crippen molar-refractivity contribution in [3.8, 4) is 0 Å². The highest BCUT2D eigenvalue weighted by Crippen LogP contribution is 2.33. The molecule has 0 amide bonds. The Bertz CT molecular complexity index is 448. The van der Waals surface area contributed by atoms with E-state index in [1.165, 1.54) is 0 Å². The quantitative estimate of drug-likeness (QED) is 0.784. The number of nitrogens with two attached hydrogens (primary N) is 2. The first-order chi connectivity index (χ1) is 7.52. The number of benzene rings is 1. The van der Waals surface area contributed by atoms with Gasteiger partial charge in [0.05, 0.1) is 0 Å². The molecule has 1 aliphatic rings. The van der Waals surface area contributed by atoms with Gasteiger partial charge < -0.3 is 11.5 Å². The summed E-state index contributed by atoms with van der Waals surface area (Å²) in [5.74, 6) is 0. The molecule has 2 nitrogen and oxygen atoms in total. The van der Waals surface area contributed by atoms with E-state index < -0.39 is 0 Å². The molecule has 4 N–H and O–H groups in total. The van der Waals surface area contributed by atoms with E-state index in [0.717, 1.165) is 16.3 Å². The predicted octanol–water partition coefficient (Wildman–Crippen LogP) is 2.34. The molecule has 84 valence electrons. The Kier molecular flexibility index (Phi) is 2.78. The van der Waals surface area contributed by atoms with Gasteiger partial charge in [0.2, 0.25) is 0 Å². The van der Waals surface area contributed by atoms with Crippen LogP contribution in [0.2, 0.25) is 5.02 Å². The lowest BCUT2D eigenvalue weighted by Crippen LogP contribution is -2.42. The van der Waals surface area contributed by atoms with E-state index in [1.807, 2.05) is 42.5 Å². The number of halogens is 1. The smallest absolute Gasteiger partial charge is 0.0406 e. The first kappa shape index (κ1) is 11.2. The topological polar surface area (TPSA) is 52.0 Å². The monoisotopic (exact) mass is 234 g/mol. The van der Waals surface area contributed by atoms with Crippen molar-refractivity contribution < 1.29 is 0 Å². The van der Waals surface area contributed by atoms with Crippen LogP contribution >= 0.6 is 11.6 Å². The van der Waals surface area contributed by atoms with Crippen molar-refractivity contribution >= 4 is 11.6 Å². The third kappa shape index (κ3) is 1.86. The second-order valence-electron chi connectivity index (χ2n) is 4.32. The van der Waals surface area contributed by atoms with Gasteiger partial charge in [-0.3, -0.25) is 0 Å². The minimum absolute atomic E-state index is 0.0685. The van der Waals surface area contributed by atoms with Crippen LogP contribution in [0.25, 0.3) is 0 Å². The summed E-state index contributed by atoms with van der Waals surface area (Å²) in [7, 11) is 0. The highest BCUT2D eigenvalue weighted by molar-refractivity contribution is 6.30. The van der Waals surface area contributed by atoms with Crippen molar-refractivity contribution in [3.05, 3.63) is 58.8 Å². The third-order valence-electron chi connectivity index (χ3n) is 3.12. The average molecular weight is 235 g/mol. The zero-order chi connectivity index (χ0) is 11.8. The Morgan fingerprint density at radius 3 is 2.50 bits per heavy atom. The highest BCUT2D eigenvalue weighted by Gasteiger charge is 2.32. The largest absolute Gasteiger partial charge is 0.399 e. The van der Waals surface area contributed by atoms with E-state index >= 15 is 0 Å². The fraction of sp³-hybridized carbons (Fsp3) is 0.231. The van der Waals surface area contributed by atoms with Crippen LogP contribution in [0.5, 0.6) is 0 Å². The van der Waals surface area contributed by atoms with Crippen molar-refractivity contribution in [2.45, 2.75) is 18.4 Å². The van der Waals surface area contributed by atoms with Gasteiger partial charge in [0, 0.05) is 22.2 Å². The van der Waals surface area contributed by atoms with E-state index in [2.05, 4.69) is 6.92 Å². The van der Waals surface area contributed by atoms with E-state index in [1.54, 1.807) is 0 Å². The molecule has 0 saturated heterocycles. The molecule has 0 saturated carbocycles. The maximum absolute atomic E-state index is 6.13. The lowest BCUT2D eigenvalue weighted by atomic mass is 9.73. The van der Waals surface area contributed by atoms with Gasteiger partial charge in [0.25, 0.3) is 0 Å². The molecular formula is C13H15ClN2. The molecule has 0 aliphatic heterocycles. The SMILES string of the molecule is CC1(c2ccc(Cl)cc2)C=C(N)C=CC1N. The summed E-state index contributed by atoms with van der Waals surface area (Å²) in [5, 5.41) is 0.726. The molecule has 0 heterocycles. The first-order valence-electron chi connectivity index (χ1n) is 5.20. The maximum atomic E-state index is 6.13. The second kappa shape index (κ2) is 3.96. The number of rotatable bonds is 1. The van der Waals surface area contributed by atoms with E-state index in [-0.39, 0.29) is 11.5 Å². The fourth-order valence-electron chi connectivity index (χ4n) is 1.99. The van der Waals surface area contributed by atoms with E-state index in [9.17, 15) is 0 Å². The molecule has 2 unspecified atom stereocenters. The molecule has 1 aromatic rings. The maximum Gasteiger partial charge on any atom is 0.0406 e. The molecule has 2 rings (SSSR count). The van der Waals surface area contributed by atoms with Crippen LogP contribution in [0, 0.1) is 0 Å². The van der Waals surface area contributed by atoms with Crippen LogP contribution in [-0.2, 0) is 5.41 Å². The first-order valence-corrected chi connectivity index (χ1v) is 5.58. The van der Waals surface area contributed by atoms with Gasteiger partial charge in [-0.15, -0.1) is 0 Å². The molecule has 3 heteroatoms.